The number of piperidine rings is 1. The fourth-order valence-electron chi connectivity index (χ4n) is 6.60. The van der Waals surface area contributed by atoms with E-state index in [2.05, 4.69) is 43.9 Å². The minimum atomic E-state index is -2.52. The van der Waals surface area contributed by atoms with Crippen molar-refractivity contribution >= 4 is 22.9 Å². The van der Waals surface area contributed by atoms with Crippen LogP contribution < -0.4 is 10.2 Å². The van der Waals surface area contributed by atoms with Gasteiger partial charge in [-0.1, -0.05) is 66.8 Å². The molecule has 4 aliphatic rings. The second-order valence-electron chi connectivity index (χ2n) is 10.7. The van der Waals surface area contributed by atoms with Gasteiger partial charge in [-0.3, -0.25) is 9.20 Å². The van der Waals surface area contributed by atoms with Crippen molar-refractivity contribution < 1.29 is 13.6 Å². The highest BCUT2D eigenvalue weighted by Gasteiger charge is 2.54. The summed E-state index contributed by atoms with van der Waals surface area (Å²) in [5.41, 5.74) is 4.11. The largest absolute Gasteiger partial charge is 0.358 e. The monoisotopic (exact) mass is 525 g/mol. The van der Waals surface area contributed by atoms with E-state index in [1.54, 1.807) is 6.08 Å². The molecule has 0 saturated carbocycles. The summed E-state index contributed by atoms with van der Waals surface area (Å²) in [4.78, 5) is 21.2. The molecule has 1 aliphatic carbocycles. The highest BCUT2D eigenvalue weighted by molar-refractivity contribution is 5.87. The van der Waals surface area contributed by atoms with E-state index in [9.17, 15) is 13.6 Å². The predicted molar refractivity (Wildman–Crippen MR) is 148 cm³/mol. The van der Waals surface area contributed by atoms with Crippen molar-refractivity contribution in [1.29, 1.82) is 0 Å². The molecule has 1 N–H and O–H groups in total. The van der Waals surface area contributed by atoms with Gasteiger partial charge in [0.15, 0.2) is 0 Å². The van der Waals surface area contributed by atoms with E-state index >= 15 is 0 Å². The van der Waals surface area contributed by atoms with Crippen molar-refractivity contribution in [3.05, 3.63) is 96.9 Å². The first-order valence-corrected chi connectivity index (χ1v) is 13.4. The number of anilines is 1. The Balaban J connectivity index is 1.17. The highest BCUT2D eigenvalue weighted by atomic mass is 19.3. The van der Waals surface area contributed by atoms with Crippen LogP contribution in [0.3, 0.4) is 0 Å². The van der Waals surface area contributed by atoms with Crippen molar-refractivity contribution in [3.63, 3.8) is 0 Å². The maximum atomic E-state index is 13.2. The maximum absolute atomic E-state index is 13.2. The lowest BCUT2D eigenvalue weighted by Crippen LogP contribution is -2.47. The molecule has 5 heterocycles. The van der Waals surface area contributed by atoms with Crippen LogP contribution in [0.2, 0.25) is 0 Å². The van der Waals surface area contributed by atoms with Gasteiger partial charge in [0.05, 0.1) is 23.3 Å². The molecular weight excluding hydrogens is 496 g/mol. The summed E-state index contributed by atoms with van der Waals surface area (Å²) < 4.78 is 28.5. The Morgan fingerprint density at radius 2 is 1.77 bits per heavy atom. The van der Waals surface area contributed by atoms with Gasteiger partial charge in [-0.25, -0.2) is 4.98 Å². The molecule has 1 spiro atoms. The topological polar surface area (TPSA) is 52.9 Å². The Labute approximate surface area is 225 Å². The number of aromatic nitrogens is 2. The Morgan fingerprint density at radius 3 is 2.56 bits per heavy atom. The number of nitrogens with one attached hydrogen (secondary N) is 1. The third-order valence-electron chi connectivity index (χ3n) is 8.69. The number of hydrogen-bond donors (Lipinski definition) is 1. The van der Waals surface area contributed by atoms with Crippen LogP contribution in [0.4, 0.5) is 14.6 Å². The molecule has 39 heavy (non-hydrogen) atoms. The molecule has 1 aromatic carbocycles. The SMILES string of the molecule is O=C1NC2C=CC=CC2C12CCN(c1cccc3ncc(-c4ccc(C5=CN(C(F)F)CC=C5)cc4)n13)CC2. The third kappa shape index (κ3) is 3.88. The quantitative estimate of drug-likeness (QED) is 0.472. The average molecular weight is 526 g/mol. The number of allylic oxidation sites excluding steroid dienone is 4. The Bertz CT molecular complexity index is 1540. The van der Waals surface area contributed by atoms with Crippen LogP contribution in [0.5, 0.6) is 0 Å². The van der Waals surface area contributed by atoms with Crippen LogP contribution in [0, 0.1) is 11.3 Å². The summed E-state index contributed by atoms with van der Waals surface area (Å²) in [6.07, 6.45) is 17.0. The fourth-order valence-corrected chi connectivity index (χ4v) is 6.60. The molecule has 1 amide bonds. The smallest absolute Gasteiger partial charge is 0.315 e. The molecule has 0 bridgehead atoms. The van der Waals surface area contributed by atoms with Crippen LogP contribution in [0.25, 0.3) is 22.5 Å². The molecule has 2 atom stereocenters. The number of alkyl halides is 2. The van der Waals surface area contributed by atoms with Gasteiger partial charge in [-0.15, -0.1) is 0 Å². The van der Waals surface area contributed by atoms with E-state index in [4.69, 9.17) is 0 Å². The van der Waals surface area contributed by atoms with Gasteiger partial charge >= 0.3 is 6.55 Å². The number of carbonyl (C=O) groups excluding carboxylic acids is 1. The van der Waals surface area contributed by atoms with Gasteiger partial charge in [0.25, 0.3) is 0 Å². The first-order chi connectivity index (χ1) is 19.0. The second kappa shape index (κ2) is 9.22. The van der Waals surface area contributed by atoms with E-state index in [0.717, 1.165) is 64.7 Å². The number of rotatable bonds is 4. The van der Waals surface area contributed by atoms with Gasteiger partial charge in [0.1, 0.15) is 11.5 Å². The highest BCUT2D eigenvalue weighted by Crippen LogP contribution is 2.47. The van der Waals surface area contributed by atoms with Crippen LogP contribution in [0.1, 0.15) is 18.4 Å². The van der Waals surface area contributed by atoms with Gasteiger partial charge in [0, 0.05) is 37.3 Å². The lowest BCUT2D eigenvalue weighted by atomic mass is 9.67. The summed E-state index contributed by atoms with van der Waals surface area (Å²) >= 11 is 0. The van der Waals surface area contributed by atoms with Crippen molar-refractivity contribution in [2.24, 2.45) is 11.3 Å². The molecule has 2 fully saturated rings. The second-order valence-corrected chi connectivity index (χ2v) is 10.7. The molecule has 6 nitrogen and oxygen atoms in total. The normalized spacial score (nSPS) is 23.6. The zero-order valence-electron chi connectivity index (χ0n) is 21.4. The summed E-state index contributed by atoms with van der Waals surface area (Å²) in [6, 6.07) is 14.2. The van der Waals surface area contributed by atoms with Crippen LogP contribution in [-0.4, -0.2) is 52.4 Å². The van der Waals surface area contributed by atoms with Gasteiger partial charge in [0.2, 0.25) is 5.91 Å². The van der Waals surface area contributed by atoms with Crippen molar-refractivity contribution in [3.8, 4) is 11.3 Å². The van der Waals surface area contributed by atoms with E-state index in [-0.39, 0.29) is 29.8 Å². The van der Waals surface area contributed by atoms with Crippen LogP contribution in [0.15, 0.2) is 91.3 Å². The molecule has 2 saturated heterocycles. The lowest BCUT2D eigenvalue weighted by molar-refractivity contribution is -0.129. The van der Waals surface area contributed by atoms with Gasteiger partial charge < -0.3 is 15.1 Å². The predicted octanol–water partition coefficient (Wildman–Crippen LogP) is 5.26. The maximum Gasteiger partial charge on any atom is 0.315 e. The standard InChI is InChI=1S/C31H29F2N5O/c32-30(33)37-16-4-5-23(20-37)21-10-12-22(13-11-21)26-19-34-27-8-3-9-28(38(26)27)36-17-14-31(15-18-36)24-6-1-2-7-25(24)35-29(31)39/h1-13,19-20,24-25,30H,14-18H2,(H,35,39). The average Bonchev–Trinajstić information content (AvgIpc) is 3.53. The number of pyridine rings is 1. The van der Waals surface area contributed by atoms with Crippen molar-refractivity contribution in [1.82, 2.24) is 19.6 Å². The van der Waals surface area contributed by atoms with E-state index in [1.165, 1.54) is 6.20 Å². The van der Waals surface area contributed by atoms with E-state index in [1.807, 2.05) is 54.7 Å². The number of hydrogen-bond acceptors (Lipinski definition) is 4. The molecule has 2 aromatic heterocycles. The molecule has 3 aromatic rings. The number of fused-ring (bicyclic) bond motifs is 3. The summed E-state index contributed by atoms with van der Waals surface area (Å²) in [7, 11) is 0. The van der Waals surface area contributed by atoms with Gasteiger partial charge in [-0.05, 0) is 36.1 Å². The fraction of sp³-hybridized carbons (Fsp3) is 0.290. The molecular formula is C31H29F2N5O. The Kier molecular flexibility index (Phi) is 5.65. The summed E-state index contributed by atoms with van der Waals surface area (Å²) in [5.74, 6) is 1.44. The molecule has 198 valence electrons. The number of imidazole rings is 1. The number of benzene rings is 1. The Hall–Kier alpha value is -4.20. The third-order valence-corrected chi connectivity index (χ3v) is 8.69. The summed E-state index contributed by atoms with van der Waals surface area (Å²) in [5, 5.41) is 3.20. The summed E-state index contributed by atoms with van der Waals surface area (Å²) in [6.45, 7) is -0.747. The molecule has 0 radical (unpaired) electrons. The van der Waals surface area contributed by atoms with E-state index in [0.29, 0.717) is 0 Å². The minimum absolute atomic E-state index is 0.0963. The van der Waals surface area contributed by atoms with Crippen LogP contribution in [-0.2, 0) is 4.79 Å². The lowest BCUT2D eigenvalue weighted by Gasteiger charge is -2.42. The minimum Gasteiger partial charge on any atom is -0.358 e. The molecule has 3 aliphatic heterocycles. The first kappa shape index (κ1) is 23.9. The zero-order valence-corrected chi connectivity index (χ0v) is 21.4. The Morgan fingerprint density at radius 1 is 1.00 bits per heavy atom. The number of amides is 1. The van der Waals surface area contributed by atoms with Crippen LogP contribution >= 0.6 is 0 Å². The molecule has 2 unspecified atom stereocenters. The van der Waals surface area contributed by atoms with Gasteiger partial charge in [-0.2, -0.15) is 8.78 Å². The first-order valence-electron chi connectivity index (χ1n) is 13.4. The molecule has 7 rings (SSSR count). The molecule has 8 heteroatoms. The zero-order chi connectivity index (χ0) is 26.6. The van der Waals surface area contributed by atoms with E-state index < -0.39 is 6.55 Å². The number of nitrogens with zero attached hydrogens (tertiary/aromatic N) is 4. The van der Waals surface area contributed by atoms with Crippen molar-refractivity contribution in [2.45, 2.75) is 25.4 Å². The van der Waals surface area contributed by atoms with Crippen molar-refractivity contribution in [2.75, 3.05) is 24.5 Å². The number of halogens is 2. The number of carbonyl (C=O) groups is 1.